The minimum atomic E-state index is -0.474. The van der Waals surface area contributed by atoms with Gasteiger partial charge < -0.3 is 14.7 Å². The molecule has 2 aliphatic rings. The van der Waals surface area contributed by atoms with Crippen LogP contribution in [0.5, 0.6) is 5.75 Å². The van der Waals surface area contributed by atoms with E-state index in [1.807, 2.05) is 18.2 Å². The molecule has 0 bridgehead atoms. The van der Waals surface area contributed by atoms with Crippen LogP contribution in [0.3, 0.4) is 0 Å². The molecule has 3 nitrogen and oxygen atoms in total. The van der Waals surface area contributed by atoms with Crippen molar-refractivity contribution in [1.29, 1.82) is 0 Å². The highest BCUT2D eigenvalue weighted by Crippen LogP contribution is 2.34. The second kappa shape index (κ2) is 6.55. The molecule has 3 rings (SSSR count). The molecular weight excluding hydrogens is 286 g/mol. The van der Waals surface area contributed by atoms with Crippen LogP contribution in [-0.4, -0.2) is 35.7 Å². The Hall–Kier alpha value is -0.770. The number of aliphatic hydroxyl groups excluding tert-OH is 1. The van der Waals surface area contributed by atoms with E-state index in [9.17, 15) is 5.11 Å². The number of benzene rings is 1. The van der Waals surface area contributed by atoms with Gasteiger partial charge in [0, 0.05) is 6.54 Å². The van der Waals surface area contributed by atoms with E-state index in [1.165, 1.54) is 12.8 Å². The minimum absolute atomic E-state index is 0.203. The third-order valence-electron chi connectivity index (χ3n) is 4.40. The molecule has 21 heavy (non-hydrogen) atoms. The fourth-order valence-corrected chi connectivity index (χ4v) is 3.20. The van der Waals surface area contributed by atoms with Gasteiger partial charge in [0.25, 0.3) is 0 Å². The van der Waals surface area contributed by atoms with Crippen LogP contribution in [0, 0.1) is 5.92 Å². The SMILES string of the molecule is C[C@H](CN1CCCC1)C(O)c1ccc(OC2CC2)c(Cl)c1. The number of halogens is 1. The topological polar surface area (TPSA) is 32.7 Å². The summed E-state index contributed by atoms with van der Waals surface area (Å²) in [5.41, 5.74) is 0.884. The normalized spacial score (nSPS) is 22.2. The Morgan fingerprint density at radius 1 is 1.33 bits per heavy atom. The number of hydrogen-bond donors (Lipinski definition) is 1. The molecule has 0 spiro atoms. The molecule has 1 aliphatic carbocycles. The Bertz CT molecular complexity index is 484. The molecule has 2 atom stereocenters. The number of ether oxygens (including phenoxy) is 1. The maximum absolute atomic E-state index is 10.5. The summed E-state index contributed by atoms with van der Waals surface area (Å²) in [4.78, 5) is 2.43. The molecule has 1 aromatic rings. The highest BCUT2D eigenvalue weighted by atomic mass is 35.5. The largest absolute Gasteiger partial charge is 0.489 e. The van der Waals surface area contributed by atoms with Crippen molar-refractivity contribution in [3.05, 3.63) is 28.8 Å². The molecule has 116 valence electrons. The van der Waals surface area contributed by atoms with Crippen molar-refractivity contribution in [2.24, 2.45) is 5.92 Å². The Labute approximate surface area is 131 Å². The number of nitrogens with zero attached hydrogens (tertiary/aromatic N) is 1. The zero-order chi connectivity index (χ0) is 14.8. The van der Waals surface area contributed by atoms with Crippen molar-refractivity contribution in [2.45, 2.75) is 44.8 Å². The second-order valence-corrected chi connectivity index (χ2v) is 6.84. The monoisotopic (exact) mass is 309 g/mol. The number of rotatable bonds is 6. The van der Waals surface area contributed by atoms with E-state index >= 15 is 0 Å². The molecule has 1 heterocycles. The van der Waals surface area contributed by atoms with Crippen LogP contribution < -0.4 is 4.74 Å². The predicted molar refractivity (Wildman–Crippen MR) is 84.9 cm³/mol. The Morgan fingerprint density at radius 3 is 2.67 bits per heavy atom. The van der Waals surface area contributed by atoms with Gasteiger partial charge in [0.15, 0.2) is 0 Å². The van der Waals surface area contributed by atoms with Crippen LogP contribution in [0.1, 0.15) is 44.3 Å². The number of likely N-dealkylation sites (tertiary alicyclic amines) is 1. The molecule has 0 radical (unpaired) electrons. The first-order chi connectivity index (χ1) is 10.1. The number of aliphatic hydroxyl groups is 1. The van der Waals surface area contributed by atoms with Crippen LogP contribution >= 0.6 is 11.6 Å². The fraction of sp³-hybridized carbons (Fsp3) is 0.647. The van der Waals surface area contributed by atoms with Gasteiger partial charge in [0.05, 0.1) is 17.2 Å². The summed E-state index contributed by atoms with van der Waals surface area (Å²) in [5.74, 6) is 0.941. The first-order valence-electron chi connectivity index (χ1n) is 8.00. The predicted octanol–water partition coefficient (Wildman–Crippen LogP) is 3.65. The summed E-state index contributed by atoms with van der Waals surface area (Å²) in [7, 11) is 0. The van der Waals surface area contributed by atoms with E-state index < -0.39 is 6.10 Å². The Morgan fingerprint density at radius 2 is 2.05 bits per heavy atom. The van der Waals surface area contributed by atoms with Gasteiger partial charge in [-0.3, -0.25) is 0 Å². The van der Waals surface area contributed by atoms with Gasteiger partial charge in [-0.25, -0.2) is 0 Å². The van der Waals surface area contributed by atoms with Crippen molar-refractivity contribution in [1.82, 2.24) is 4.90 Å². The van der Waals surface area contributed by atoms with E-state index in [-0.39, 0.29) is 5.92 Å². The molecule has 1 aromatic carbocycles. The smallest absolute Gasteiger partial charge is 0.138 e. The van der Waals surface area contributed by atoms with Crippen LogP contribution in [0.4, 0.5) is 0 Å². The van der Waals surface area contributed by atoms with Gasteiger partial charge in [-0.2, -0.15) is 0 Å². The fourth-order valence-electron chi connectivity index (χ4n) is 2.96. The molecule has 1 aliphatic heterocycles. The first kappa shape index (κ1) is 15.1. The second-order valence-electron chi connectivity index (χ2n) is 6.44. The summed E-state index contributed by atoms with van der Waals surface area (Å²) < 4.78 is 5.74. The summed E-state index contributed by atoms with van der Waals surface area (Å²) >= 11 is 6.27. The van der Waals surface area contributed by atoms with Gasteiger partial charge in [-0.1, -0.05) is 24.6 Å². The van der Waals surface area contributed by atoms with Crippen molar-refractivity contribution in [2.75, 3.05) is 19.6 Å². The summed E-state index contributed by atoms with van der Waals surface area (Å²) in [6.45, 7) is 5.36. The molecule has 2 fully saturated rings. The highest BCUT2D eigenvalue weighted by Gasteiger charge is 2.25. The van der Waals surface area contributed by atoms with Crippen molar-refractivity contribution < 1.29 is 9.84 Å². The van der Waals surface area contributed by atoms with Crippen LogP contribution in [0.25, 0.3) is 0 Å². The summed E-state index contributed by atoms with van der Waals surface area (Å²) in [5, 5.41) is 11.1. The molecule has 1 unspecified atom stereocenters. The third kappa shape index (κ3) is 3.91. The van der Waals surface area contributed by atoms with E-state index in [2.05, 4.69) is 11.8 Å². The molecule has 1 saturated carbocycles. The average molecular weight is 310 g/mol. The van der Waals surface area contributed by atoms with Crippen molar-refractivity contribution in [3.8, 4) is 5.75 Å². The van der Waals surface area contributed by atoms with E-state index in [1.54, 1.807) is 0 Å². The van der Waals surface area contributed by atoms with Gasteiger partial charge in [-0.15, -0.1) is 0 Å². The van der Waals surface area contributed by atoms with Gasteiger partial charge in [0.1, 0.15) is 5.75 Å². The molecule has 0 aromatic heterocycles. The highest BCUT2D eigenvalue weighted by molar-refractivity contribution is 6.32. The van der Waals surface area contributed by atoms with Crippen LogP contribution in [-0.2, 0) is 0 Å². The van der Waals surface area contributed by atoms with Crippen LogP contribution in [0.2, 0.25) is 5.02 Å². The molecular formula is C17H24ClNO2. The lowest BCUT2D eigenvalue weighted by Crippen LogP contribution is -2.28. The lowest BCUT2D eigenvalue weighted by Gasteiger charge is -2.25. The van der Waals surface area contributed by atoms with E-state index in [4.69, 9.17) is 16.3 Å². The van der Waals surface area contributed by atoms with E-state index in [0.29, 0.717) is 11.1 Å². The summed E-state index contributed by atoms with van der Waals surface area (Å²) in [6.07, 6.45) is 4.66. The average Bonchev–Trinajstić information content (AvgIpc) is 3.14. The first-order valence-corrected chi connectivity index (χ1v) is 8.38. The zero-order valence-electron chi connectivity index (χ0n) is 12.6. The maximum Gasteiger partial charge on any atom is 0.138 e. The lowest BCUT2D eigenvalue weighted by atomic mass is 9.97. The van der Waals surface area contributed by atoms with Crippen molar-refractivity contribution >= 4 is 11.6 Å². The molecule has 1 N–H and O–H groups in total. The van der Waals surface area contributed by atoms with Gasteiger partial charge in [-0.05, 0) is 62.4 Å². The Kier molecular flexibility index (Phi) is 4.72. The van der Waals surface area contributed by atoms with Gasteiger partial charge in [0.2, 0.25) is 0 Å². The lowest BCUT2D eigenvalue weighted by molar-refractivity contribution is 0.0945. The minimum Gasteiger partial charge on any atom is -0.489 e. The van der Waals surface area contributed by atoms with Crippen LogP contribution in [0.15, 0.2) is 18.2 Å². The molecule has 4 heteroatoms. The number of hydrogen-bond acceptors (Lipinski definition) is 3. The maximum atomic E-state index is 10.5. The quantitative estimate of drug-likeness (QED) is 0.870. The summed E-state index contributed by atoms with van der Waals surface area (Å²) in [6, 6.07) is 5.68. The Balaban J connectivity index is 1.62. The van der Waals surface area contributed by atoms with Gasteiger partial charge >= 0.3 is 0 Å². The zero-order valence-corrected chi connectivity index (χ0v) is 13.4. The van der Waals surface area contributed by atoms with E-state index in [0.717, 1.165) is 43.8 Å². The third-order valence-corrected chi connectivity index (χ3v) is 4.69. The van der Waals surface area contributed by atoms with Crippen molar-refractivity contribution in [3.63, 3.8) is 0 Å². The molecule has 1 saturated heterocycles. The molecule has 0 amide bonds. The standard InChI is InChI=1S/C17H24ClNO2/c1-12(11-19-8-2-3-9-19)17(20)13-4-7-16(15(18)10-13)21-14-5-6-14/h4,7,10,12,14,17,20H,2-3,5-6,8-9,11H2,1H3/t12-,17?/m1/s1.